The van der Waals surface area contributed by atoms with E-state index in [9.17, 15) is 8.42 Å². The maximum atomic E-state index is 13.2. The Kier molecular flexibility index (Phi) is 5.25. The lowest BCUT2D eigenvalue weighted by atomic mass is 9.96. The maximum absolute atomic E-state index is 13.2. The molecule has 1 N–H and O–H groups in total. The van der Waals surface area contributed by atoms with Crippen LogP contribution < -0.4 is 5.32 Å². The standard InChI is InChI=1S/C19H19ClN2O3S2/c20-13-8-10-15(11-9-13)27(23,24)19-18(21-14-5-2-1-3-6-14)25-17(22-19)16-7-4-12-26-16/h4,7-12,14,21H,1-3,5-6H2. The number of aromatic nitrogens is 1. The molecular weight excluding hydrogens is 404 g/mol. The van der Waals surface area contributed by atoms with Crippen LogP contribution in [0.15, 0.2) is 56.1 Å². The molecule has 2 heterocycles. The molecule has 0 atom stereocenters. The summed E-state index contributed by atoms with van der Waals surface area (Å²) in [6.07, 6.45) is 5.46. The van der Waals surface area contributed by atoms with E-state index < -0.39 is 9.84 Å². The molecule has 1 saturated carbocycles. The fraction of sp³-hybridized carbons (Fsp3) is 0.316. The summed E-state index contributed by atoms with van der Waals surface area (Å²) in [5.41, 5.74) is 0. The summed E-state index contributed by atoms with van der Waals surface area (Å²) in [6, 6.07) is 10.0. The number of thiophene rings is 1. The van der Waals surface area contributed by atoms with E-state index in [1.165, 1.54) is 29.9 Å². The van der Waals surface area contributed by atoms with Gasteiger partial charge in [0.05, 0.1) is 9.77 Å². The molecule has 0 spiro atoms. The molecule has 0 bridgehead atoms. The molecule has 27 heavy (non-hydrogen) atoms. The van der Waals surface area contributed by atoms with Gasteiger partial charge < -0.3 is 9.73 Å². The Labute approximate surface area is 167 Å². The lowest BCUT2D eigenvalue weighted by Crippen LogP contribution is -2.23. The number of sulfone groups is 1. The van der Waals surface area contributed by atoms with Crippen molar-refractivity contribution in [1.29, 1.82) is 0 Å². The Hall–Kier alpha value is -1.83. The molecule has 0 amide bonds. The van der Waals surface area contributed by atoms with Crippen LogP contribution >= 0.6 is 22.9 Å². The SMILES string of the molecule is O=S(=O)(c1ccc(Cl)cc1)c1nc(-c2cccs2)oc1NC1CCCCC1. The Bertz CT molecular complexity index is 1010. The third-order valence-corrected chi connectivity index (χ3v) is 7.44. The second-order valence-electron chi connectivity index (χ2n) is 6.57. The van der Waals surface area contributed by atoms with Gasteiger partial charge in [-0.3, -0.25) is 0 Å². The zero-order chi connectivity index (χ0) is 18.9. The lowest BCUT2D eigenvalue weighted by molar-refractivity contribution is 0.450. The van der Waals surface area contributed by atoms with Crippen molar-refractivity contribution >= 4 is 38.7 Å². The Morgan fingerprint density at radius 2 is 1.85 bits per heavy atom. The van der Waals surface area contributed by atoms with E-state index in [4.69, 9.17) is 16.0 Å². The minimum absolute atomic E-state index is 0.0706. The van der Waals surface area contributed by atoms with Gasteiger partial charge in [-0.25, -0.2) is 8.42 Å². The number of benzene rings is 1. The van der Waals surface area contributed by atoms with E-state index in [-0.39, 0.29) is 21.8 Å². The number of hydrogen-bond donors (Lipinski definition) is 1. The molecule has 0 radical (unpaired) electrons. The largest absolute Gasteiger partial charge is 0.418 e. The van der Waals surface area contributed by atoms with Crippen LogP contribution in [0.3, 0.4) is 0 Å². The Morgan fingerprint density at radius 1 is 1.11 bits per heavy atom. The van der Waals surface area contributed by atoms with Crippen molar-refractivity contribution in [3.05, 3.63) is 46.8 Å². The third kappa shape index (κ3) is 3.90. The number of halogens is 1. The molecule has 0 unspecified atom stereocenters. The van der Waals surface area contributed by atoms with Crippen molar-refractivity contribution < 1.29 is 12.8 Å². The van der Waals surface area contributed by atoms with Gasteiger partial charge in [-0.2, -0.15) is 4.98 Å². The lowest BCUT2D eigenvalue weighted by Gasteiger charge is -2.22. The van der Waals surface area contributed by atoms with E-state index in [1.54, 1.807) is 12.1 Å². The second-order valence-corrected chi connectivity index (χ2v) is 9.82. The van der Waals surface area contributed by atoms with E-state index in [1.807, 2.05) is 17.5 Å². The number of anilines is 1. The average Bonchev–Trinajstić information content (AvgIpc) is 3.33. The first-order chi connectivity index (χ1) is 13.0. The molecule has 1 fully saturated rings. The van der Waals surface area contributed by atoms with Gasteiger partial charge in [-0.1, -0.05) is 36.9 Å². The zero-order valence-electron chi connectivity index (χ0n) is 14.5. The first kappa shape index (κ1) is 18.5. The molecule has 3 aromatic rings. The predicted octanol–water partition coefficient (Wildman–Crippen LogP) is 5.63. The van der Waals surface area contributed by atoms with Crippen LogP contribution in [0.4, 0.5) is 5.88 Å². The van der Waals surface area contributed by atoms with Crippen molar-refractivity contribution in [3.8, 4) is 10.8 Å². The maximum Gasteiger partial charge on any atom is 0.240 e. The number of oxazole rings is 1. The molecule has 1 aliphatic carbocycles. The van der Waals surface area contributed by atoms with E-state index in [2.05, 4.69) is 10.3 Å². The summed E-state index contributed by atoms with van der Waals surface area (Å²) in [5.74, 6) is 0.538. The van der Waals surface area contributed by atoms with E-state index >= 15 is 0 Å². The molecule has 0 saturated heterocycles. The molecular formula is C19H19ClN2O3S2. The van der Waals surface area contributed by atoms with Gasteiger partial charge in [0.25, 0.3) is 0 Å². The van der Waals surface area contributed by atoms with E-state index in [0.29, 0.717) is 10.9 Å². The monoisotopic (exact) mass is 422 g/mol. The topological polar surface area (TPSA) is 72.2 Å². The molecule has 1 aliphatic rings. The quantitative estimate of drug-likeness (QED) is 0.576. The van der Waals surface area contributed by atoms with Crippen LogP contribution in [-0.4, -0.2) is 19.4 Å². The first-order valence-electron chi connectivity index (χ1n) is 8.86. The third-order valence-electron chi connectivity index (χ3n) is 4.65. The van der Waals surface area contributed by atoms with Crippen molar-refractivity contribution in [2.24, 2.45) is 0 Å². The number of nitrogens with zero attached hydrogens (tertiary/aromatic N) is 1. The Morgan fingerprint density at radius 3 is 2.52 bits per heavy atom. The minimum Gasteiger partial charge on any atom is -0.418 e. The van der Waals surface area contributed by atoms with Gasteiger partial charge in [0, 0.05) is 11.1 Å². The van der Waals surface area contributed by atoms with Crippen LogP contribution in [0.25, 0.3) is 10.8 Å². The molecule has 5 nitrogen and oxygen atoms in total. The van der Waals surface area contributed by atoms with Gasteiger partial charge in [-0.05, 0) is 48.6 Å². The van der Waals surface area contributed by atoms with Crippen molar-refractivity contribution in [2.45, 2.75) is 48.1 Å². The molecule has 8 heteroatoms. The van der Waals surface area contributed by atoms with Crippen LogP contribution in [0.5, 0.6) is 0 Å². The molecule has 142 valence electrons. The van der Waals surface area contributed by atoms with Crippen LogP contribution in [0, 0.1) is 0 Å². The zero-order valence-corrected chi connectivity index (χ0v) is 16.9. The van der Waals surface area contributed by atoms with Crippen molar-refractivity contribution in [2.75, 3.05) is 5.32 Å². The number of hydrogen-bond acceptors (Lipinski definition) is 6. The predicted molar refractivity (Wildman–Crippen MR) is 107 cm³/mol. The number of rotatable bonds is 5. The highest BCUT2D eigenvalue weighted by Gasteiger charge is 2.30. The van der Waals surface area contributed by atoms with Crippen LogP contribution in [0.1, 0.15) is 32.1 Å². The average molecular weight is 423 g/mol. The van der Waals surface area contributed by atoms with Crippen LogP contribution in [0.2, 0.25) is 5.02 Å². The highest BCUT2D eigenvalue weighted by molar-refractivity contribution is 7.91. The first-order valence-corrected chi connectivity index (χ1v) is 11.6. The fourth-order valence-electron chi connectivity index (χ4n) is 3.24. The summed E-state index contributed by atoms with van der Waals surface area (Å²) in [6.45, 7) is 0. The summed E-state index contributed by atoms with van der Waals surface area (Å²) in [5, 5.41) is 5.60. The summed E-state index contributed by atoms with van der Waals surface area (Å²) in [4.78, 5) is 5.28. The fourth-order valence-corrected chi connectivity index (χ4v) is 5.28. The van der Waals surface area contributed by atoms with E-state index in [0.717, 1.165) is 30.6 Å². The molecule has 4 rings (SSSR count). The van der Waals surface area contributed by atoms with Gasteiger partial charge >= 0.3 is 0 Å². The molecule has 0 aliphatic heterocycles. The minimum atomic E-state index is -3.83. The van der Waals surface area contributed by atoms with Gasteiger partial charge in [0.1, 0.15) is 0 Å². The normalized spacial score (nSPS) is 15.7. The van der Waals surface area contributed by atoms with Crippen molar-refractivity contribution in [1.82, 2.24) is 4.98 Å². The van der Waals surface area contributed by atoms with Gasteiger partial charge in [-0.15, -0.1) is 11.3 Å². The molecule has 1 aromatic carbocycles. The summed E-state index contributed by atoms with van der Waals surface area (Å²) in [7, 11) is -3.83. The number of nitrogens with one attached hydrogen (secondary N) is 1. The summed E-state index contributed by atoms with van der Waals surface area (Å²) < 4.78 is 32.3. The Balaban J connectivity index is 1.76. The second kappa shape index (κ2) is 7.66. The smallest absolute Gasteiger partial charge is 0.240 e. The van der Waals surface area contributed by atoms with Crippen molar-refractivity contribution in [3.63, 3.8) is 0 Å². The van der Waals surface area contributed by atoms with Crippen LogP contribution in [-0.2, 0) is 9.84 Å². The van der Waals surface area contributed by atoms with Gasteiger partial charge in [0.15, 0.2) is 0 Å². The van der Waals surface area contributed by atoms with Gasteiger partial charge in [0.2, 0.25) is 26.6 Å². The molecule has 2 aromatic heterocycles. The highest BCUT2D eigenvalue weighted by Crippen LogP contribution is 2.35. The highest BCUT2D eigenvalue weighted by atomic mass is 35.5. The summed E-state index contributed by atoms with van der Waals surface area (Å²) >= 11 is 7.36.